The van der Waals surface area contributed by atoms with Gasteiger partial charge in [-0.3, -0.25) is 9.59 Å². The zero-order chi connectivity index (χ0) is 20.8. The van der Waals surface area contributed by atoms with Crippen molar-refractivity contribution < 1.29 is 14.3 Å². The number of anilines is 1. The number of rotatable bonds is 6. The van der Waals surface area contributed by atoms with Gasteiger partial charge in [-0.2, -0.15) is 0 Å². The molecule has 3 rings (SSSR count). The van der Waals surface area contributed by atoms with Crippen molar-refractivity contribution in [3.63, 3.8) is 0 Å². The van der Waals surface area contributed by atoms with Gasteiger partial charge in [-0.25, -0.2) is 9.97 Å². The average molecular weight is 397 g/mol. The maximum absolute atomic E-state index is 12.8. The maximum atomic E-state index is 12.8. The summed E-state index contributed by atoms with van der Waals surface area (Å²) < 4.78 is 5.25. The smallest absolute Gasteiger partial charge is 0.272 e. The molecule has 29 heavy (non-hydrogen) atoms. The first-order valence-corrected chi connectivity index (χ1v) is 9.73. The van der Waals surface area contributed by atoms with E-state index in [0.717, 1.165) is 17.7 Å². The summed E-state index contributed by atoms with van der Waals surface area (Å²) in [5.74, 6) is 1.92. The van der Waals surface area contributed by atoms with E-state index in [1.54, 1.807) is 36.8 Å². The molecule has 0 bridgehead atoms. The number of benzene rings is 1. The number of hydrogen-bond acceptors (Lipinski definition) is 6. The van der Waals surface area contributed by atoms with E-state index < -0.39 is 0 Å². The topological polar surface area (TPSA) is 87.7 Å². The Bertz CT molecular complexity index is 878. The first-order valence-electron chi connectivity index (χ1n) is 9.73. The number of methoxy groups -OCH3 is 1. The van der Waals surface area contributed by atoms with Crippen LogP contribution in [0.15, 0.2) is 30.3 Å². The highest BCUT2D eigenvalue weighted by Crippen LogP contribution is 2.14. The normalized spacial score (nSPS) is 13.9. The molecular formula is C21H27N5O3. The van der Waals surface area contributed by atoms with Crippen LogP contribution >= 0.6 is 0 Å². The Labute approximate surface area is 170 Å². The average Bonchev–Trinajstić information content (AvgIpc) is 2.73. The summed E-state index contributed by atoms with van der Waals surface area (Å²) in [6.45, 7) is 6.13. The largest absolute Gasteiger partial charge is 0.497 e. The number of amides is 2. The summed E-state index contributed by atoms with van der Waals surface area (Å²) in [6, 6.07) is 9.62. The molecule has 1 fully saturated rings. The molecule has 0 aliphatic carbocycles. The second kappa shape index (κ2) is 9.36. The predicted molar refractivity (Wildman–Crippen MR) is 110 cm³/mol. The second-order valence-corrected chi connectivity index (χ2v) is 7.01. The SMILES string of the molecule is COc1cccc(CCNc2cc(C(=O)N3CCN(C(C)=O)CC3)nc(C)n2)c1. The lowest BCUT2D eigenvalue weighted by Crippen LogP contribution is -2.50. The molecule has 1 aliphatic heterocycles. The minimum atomic E-state index is -0.130. The number of carbonyl (C=O) groups excluding carboxylic acids is 2. The van der Waals surface area contributed by atoms with Crippen LogP contribution in [0.5, 0.6) is 5.75 Å². The van der Waals surface area contributed by atoms with Gasteiger partial charge in [0.1, 0.15) is 23.1 Å². The van der Waals surface area contributed by atoms with Crippen molar-refractivity contribution in [1.82, 2.24) is 19.8 Å². The Hall–Kier alpha value is -3.16. The van der Waals surface area contributed by atoms with Crippen LogP contribution in [0, 0.1) is 6.92 Å². The highest BCUT2D eigenvalue weighted by Gasteiger charge is 2.24. The fraction of sp³-hybridized carbons (Fsp3) is 0.429. The summed E-state index contributed by atoms with van der Waals surface area (Å²) in [7, 11) is 1.65. The van der Waals surface area contributed by atoms with E-state index in [2.05, 4.69) is 15.3 Å². The molecule has 2 heterocycles. The molecule has 1 saturated heterocycles. The number of aryl methyl sites for hydroxylation is 1. The number of hydrogen-bond donors (Lipinski definition) is 1. The molecule has 0 radical (unpaired) electrons. The Kier molecular flexibility index (Phi) is 6.64. The van der Waals surface area contributed by atoms with Crippen molar-refractivity contribution in [3.05, 3.63) is 47.4 Å². The summed E-state index contributed by atoms with van der Waals surface area (Å²) in [6.07, 6.45) is 0.802. The van der Waals surface area contributed by atoms with E-state index in [-0.39, 0.29) is 11.8 Å². The van der Waals surface area contributed by atoms with Gasteiger partial charge in [0.15, 0.2) is 0 Å². The lowest BCUT2D eigenvalue weighted by atomic mass is 10.1. The predicted octanol–water partition coefficient (Wildman–Crippen LogP) is 1.75. The molecule has 1 aromatic carbocycles. The first kappa shape index (κ1) is 20.6. The summed E-state index contributed by atoms with van der Waals surface area (Å²) in [5, 5.41) is 3.28. The lowest BCUT2D eigenvalue weighted by Gasteiger charge is -2.34. The van der Waals surface area contributed by atoms with Crippen LogP contribution in [0.1, 0.15) is 28.8 Å². The van der Waals surface area contributed by atoms with Gasteiger partial charge in [0.2, 0.25) is 5.91 Å². The molecule has 1 N–H and O–H groups in total. The molecule has 0 unspecified atom stereocenters. The highest BCUT2D eigenvalue weighted by molar-refractivity contribution is 5.93. The Morgan fingerprint density at radius 2 is 1.83 bits per heavy atom. The number of piperazine rings is 1. The molecule has 1 aromatic heterocycles. The zero-order valence-electron chi connectivity index (χ0n) is 17.1. The van der Waals surface area contributed by atoms with Gasteiger partial charge in [-0.15, -0.1) is 0 Å². The van der Waals surface area contributed by atoms with Crippen LogP contribution in [0.4, 0.5) is 5.82 Å². The van der Waals surface area contributed by atoms with E-state index in [9.17, 15) is 9.59 Å². The van der Waals surface area contributed by atoms with Gasteiger partial charge in [-0.1, -0.05) is 12.1 Å². The Morgan fingerprint density at radius 3 is 2.52 bits per heavy atom. The minimum Gasteiger partial charge on any atom is -0.497 e. The third-order valence-electron chi connectivity index (χ3n) is 4.92. The maximum Gasteiger partial charge on any atom is 0.272 e. The fourth-order valence-corrected chi connectivity index (χ4v) is 3.32. The number of nitrogens with one attached hydrogen (secondary N) is 1. The number of carbonyl (C=O) groups is 2. The van der Waals surface area contributed by atoms with Crippen LogP contribution in [-0.2, 0) is 11.2 Å². The van der Waals surface area contributed by atoms with Crippen LogP contribution in [0.25, 0.3) is 0 Å². The van der Waals surface area contributed by atoms with E-state index in [0.29, 0.717) is 50.1 Å². The van der Waals surface area contributed by atoms with Crippen molar-refractivity contribution in [2.45, 2.75) is 20.3 Å². The third-order valence-corrected chi connectivity index (χ3v) is 4.92. The molecule has 0 saturated carbocycles. The zero-order valence-corrected chi connectivity index (χ0v) is 17.1. The summed E-state index contributed by atoms with van der Waals surface area (Å²) in [5.41, 5.74) is 1.53. The van der Waals surface area contributed by atoms with Crippen LogP contribution in [0.2, 0.25) is 0 Å². The van der Waals surface area contributed by atoms with Gasteiger partial charge >= 0.3 is 0 Å². The third kappa shape index (κ3) is 5.43. The van der Waals surface area contributed by atoms with E-state index >= 15 is 0 Å². The molecular weight excluding hydrogens is 370 g/mol. The monoisotopic (exact) mass is 397 g/mol. The van der Waals surface area contributed by atoms with Crippen molar-refractivity contribution in [3.8, 4) is 5.75 Å². The van der Waals surface area contributed by atoms with E-state index in [1.165, 1.54) is 0 Å². The quantitative estimate of drug-likeness (QED) is 0.799. The van der Waals surface area contributed by atoms with Crippen LogP contribution in [0.3, 0.4) is 0 Å². The van der Waals surface area contributed by atoms with Crippen molar-refractivity contribution in [2.75, 3.05) is 45.2 Å². The molecule has 154 valence electrons. The van der Waals surface area contributed by atoms with Crippen LogP contribution < -0.4 is 10.1 Å². The van der Waals surface area contributed by atoms with Gasteiger partial charge in [0.05, 0.1) is 7.11 Å². The molecule has 0 atom stereocenters. The van der Waals surface area contributed by atoms with Gasteiger partial charge in [0.25, 0.3) is 5.91 Å². The molecule has 2 aromatic rings. The highest BCUT2D eigenvalue weighted by atomic mass is 16.5. The summed E-state index contributed by atoms with van der Waals surface area (Å²) >= 11 is 0. The first-order chi connectivity index (χ1) is 14.0. The molecule has 0 spiro atoms. The number of aromatic nitrogens is 2. The Morgan fingerprint density at radius 1 is 1.10 bits per heavy atom. The molecule has 2 amide bonds. The minimum absolute atomic E-state index is 0.0394. The van der Waals surface area contributed by atoms with E-state index in [1.807, 2.05) is 24.3 Å². The van der Waals surface area contributed by atoms with Gasteiger partial charge in [0, 0.05) is 45.7 Å². The van der Waals surface area contributed by atoms with Crippen molar-refractivity contribution >= 4 is 17.6 Å². The van der Waals surface area contributed by atoms with Crippen molar-refractivity contribution in [1.29, 1.82) is 0 Å². The fourth-order valence-electron chi connectivity index (χ4n) is 3.32. The Balaban J connectivity index is 1.60. The van der Waals surface area contributed by atoms with E-state index in [4.69, 9.17) is 4.74 Å². The second-order valence-electron chi connectivity index (χ2n) is 7.01. The van der Waals surface area contributed by atoms with Crippen LogP contribution in [-0.4, -0.2) is 71.4 Å². The lowest BCUT2D eigenvalue weighted by molar-refractivity contribution is -0.130. The number of nitrogens with zero attached hydrogens (tertiary/aromatic N) is 4. The molecule has 8 heteroatoms. The summed E-state index contributed by atoms with van der Waals surface area (Å²) in [4.78, 5) is 36.5. The van der Waals surface area contributed by atoms with Gasteiger partial charge < -0.3 is 19.9 Å². The standard InChI is InChI=1S/C21H27N5O3/c1-15-23-19(21(28)26-11-9-25(10-12-26)16(2)27)14-20(24-15)22-8-7-17-5-4-6-18(13-17)29-3/h4-6,13-14H,7-12H2,1-3H3,(H,22,23,24). The van der Waals surface area contributed by atoms with Gasteiger partial charge in [-0.05, 0) is 31.0 Å². The number of ether oxygens (including phenoxy) is 1. The van der Waals surface area contributed by atoms with Crippen molar-refractivity contribution in [2.24, 2.45) is 0 Å². The molecule has 8 nitrogen and oxygen atoms in total. The molecule has 1 aliphatic rings.